The molecule has 0 aliphatic heterocycles. The number of hydrogen-bond acceptors (Lipinski definition) is 2. The van der Waals surface area contributed by atoms with Gasteiger partial charge in [0, 0.05) is 0 Å². The molecule has 13 heavy (non-hydrogen) atoms. The van der Waals surface area contributed by atoms with Crippen molar-refractivity contribution in [3.05, 3.63) is 58.3 Å². The SMILES string of the molecule is O[C@@H](c1ccccc1)c1ccsc1. The van der Waals surface area contributed by atoms with Crippen molar-refractivity contribution >= 4 is 11.3 Å². The molecule has 0 bridgehead atoms. The molecule has 1 aromatic heterocycles. The number of benzene rings is 1. The molecule has 2 aromatic rings. The van der Waals surface area contributed by atoms with Crippen LogP contribution in [-0.2, 0) is 0 Å². The van der Waals surface area contributed by atoms with Crippen LogP contribution < -0.4 is 0 Å². The summed E-state index contributed by atoms with van der Waals surface area (Å²) in [7, 11) is 0. The molecule has 0 aliphatic rings. The van der Waals surface area contributed by atoms with Crippen LogP contribution in [0.1, 0.15) is 17.2 Å². The maximum Gasteiger partial charge on any atom is 0.105 e. The molecule has 0 saturated carbocycles. The van der Waals surface area contributed by atoms with Crippen LogP contribution in [0.4, 0.5) is 0 Å². The lowest BCUT2D eigenvalue weighted by Crippen LogP contribution is -1.96. The maximum absolute atomic E-state index is 9.89. The van der Waals surface area contributed by atoms with E-state index in [0.29, 0.717) is 0 Å². The maximum atomic E-state index is 9.89. The minimum absolute atomic E-state index is 0.479. The molecule has 0 unspecified atom stereocenters. The van der Waals surface area contributed by atoms with Crippen molar-refractivity contribution in [2.45, 2.75) is 6.10 Å². The van der Waals surface area contributed by atoms with Crippen molar-refractivity contribution < 1.29 is 5.11 Å². The number of thiophene rings is 1. The fourth-order valence-corrected chi connectivity index (χ4v) is 1.94. The largest absolute Gasteiger partial charge is 0.384 e. The zero-order chi connectivity index (χ0) is 9.10. The van der Waals surface area contributed by atoms with E-state index in [1.807, 2.05) is 47.2 Å². The predicted octanol–water partition coefficient (Wildman–Crippen LogP) is 2.83. The smallest absolute Gasteiger partial charge is 0.105 e. The van der Waals surface area contributed by atoms with Crippen LogP contribution in [0.25, 0.3) is 0 Å². The summed E-state index contributed by atoms with van der Waals surface area (Å²) in [4.78, 5) is 0. The summed E-state index contributed by atoms with van der Waals surface area (Å²) >= 11 is 1.60. The van der Waals surface area contributed by atoms with Crippen molar-refractivity contribution in [2.24, 2.45) is 0 Å². The van der Waals surface area contributed by atoms with Gasteiger partial charge in [0.05, 0.1) is 0 Å². The van der Waals surface area contributed by atoms with Crippen LogP contribution in [0.2, 0.25) is 0 Å². The summed E-state index contributed by atoms with van der Waals surface area (Å²) in [5, 5.41) is 13.8. The van der Waals surface area contributed by atoms with Gasteiger partial charge in [-0.15, -0.1) is 0 Å². The van der Waals surface area contributed by atoms with E-state index in [1.165, 1.54) is 0 Å². The van der Waals surface area contributed by atoms with Crippen molar-refractivity contribution in [2.75, 3.05) is 0 Å². The van der Waals surface area contributed by atoms with Gasteiger partial charge in [-0.3, -0.25) is 0 Å². The number of hydrogen-bond donors (Lipinski definition) is 1. The molecule has 1 nitrogen and oxygen atoms in total. The van der Waals surface area contributed by atoms with E-state index in [0.717, 1.165) is 11.1 Å². The lowest BCUT2D eigenvalue weighted by molar-refractivity contribution is 0.221. The molecule has 0 spiro atoms. The molecule has 1 N–H and O–H groups in total. The van der Waals surface area contributed by atoms with Gasteiger partial charge in [0.15, 0.2) is 0 Å². The fourth-order valence-electron chi connectivity index (χ4n) is 1.26. The molecule has 0 amide bonds. The van der Waals surface area contributed by atoms with Crippen molar-refractivity contribution in [3.63, 3.8) is 0 Å². The van der Waals surface area contributed by atoms with Gasteiger partial charge >= 0.3 is 0 Å². The monoisotopic (exact) mass is 190 g/mol. The Morgan fingerprint density at radius 3 is 2.38 bits per heavy atom. The van der Waals surface area contributed by atoms with E-state index in [4.69, 9.17) is 0 Å². The third-order valence-electron chi connectivity index (χ3n) is 1.97. The third kappa shape index (κ3) is 1.79. The molecule has 1 heterocycles. The van der Waals surface area contributed by atoms with Crippen LogP contribution >= 0.6 is 11.3 Å². The Morgan fingerprint density at radius 1 is 1.00 bits per heavy atom. The van der Waals surface area contributed by atoms with Crippen LogP contribution in [0.3, 0.4) is 0 Å². The number of rotatable bonds is 2. The second kappa shape index (κ2) is 3.73. The van der Waals surface area contributed by atoms with Crippen LogP contribution in [-0.4, -0.2) is 5.11 Å². The number of aliphatic hydroxyl groups is 1. The first-order valence-electron chi connectivity index (χ1n) is 4.13. The molecular weight excluding hydrogens is 180 g/mol. The summed E-state index contributed by atoms with van der Waals surface area (Å²) in [6.07, 6.45) is -0.479. The predicted molar refractivity (Wildman–Crippen MR) is 54.8 cm³/mol. The number of aliphatic hydroxyl groups excluding tert-OH is 1. The minimum Gasteiger partial charge on any atom is -0.384 e. The first-order chi connectivity index (χ1) is 6.38. The standard InChI is InChI=1S/C11H10OS/c12-11(10-6-7-13-8-10)9-4-2-1-3-5-9/h1-8,11-12H/t11-/m0/s1. The molecule has 0 aliphatic carbocycles. The van der Waals surface area contributed by atoms with Gasteiger partial charge in [0.2, 0.25) is 0 Å². The Kier molecular flexibility index (Phi) is 2.43. The molecule has 1 aromatic carbocycles. The van der Waals surface area contributed by atoms with Crippen LogP contribution in [0.5, 0.6) is 0 Å². The average molecular weight is 190 g/mol. The van der Waals surface area contributed by atoms with E-state index in [9.17, 15) is 5.11 Å². The molecule has 2 heteroatoms. The van der Waals surface area contributed by atoms with E-state index in [2.05, 4.69) is 0 Å². The van der Waals surface area contributed by atoms with E-state index < -0.39 is 6.10 Å². The molecule has 66 valence electrons. The lowest BCUT2D eigenvalue weighted by atomic mass is 10.1. The zero-order valence-corrected chi connectivity index (χ0v) is 7.87. The van der Waals surface area contributed by atoms with Crippen molar-refractivity contribution in [1.82, 2.24) is 0 Å². The highest BCUT2D eigenvalue weighted by Crippen LogP contribution is 2.22. The van der Waals surface area contributed by atoms with E-state index in [-0.39, 0.29) is 0 Å². The van der Waals surface area contributed by atoms with E-state index >= 15 is 0 Å². The Hall–Kier alpha value is -1.12. The van der Waals surface area contributed by atoms with Crippen molar-refractivity contribution in [1.29, 1.82) is 0 Å². The van der Waals surface area contributed by atoms with Gasteiger partial charge < -0.3 is 5.11 Å². The summed E-state index contributed by atoms with van der Waals surface area (Å²) < 4.78 is 0. The van der Waals surface area contributed by atoms with Gasteiger partial charge in [0.1, 0.15) is 6.10 Å². The second-order valence-corrected chi connectivity index (χ2v) is 3.65. The highest BCUT2D eigenvalue weighted by molar-refractivity contribution is 7.07. The molecule has 1 atom stereocenters. The first-order valence-corrected chi connectivity index (χ1v) is 5.07. The van der Waals surface area contributed by atoms with E-state index in [1.54, 1.807) is 11.3 Å². The average Bonchev–Trinajstić information content (AvgIpc) is 2.71. The quantitative estimate of drug-likeness (QED) is 0.772. The summed E-state index contributed by atoms with van der Waals surface area (Å²) in [6, 6.07) is 11.6. The Balaban J connectivity index is 2.29. The van der Waals surface area contributed by atoms with Crippen molar-refractivity contribution in [3.8, 4) is 0 Å². The highest BCUT2D eigenvalue weighted by Gasteiger charge is 2.08. The zero-order valence-electron chi connectivity index (χ0n) is 7.05. The summed E-state index contributed by atoms with van der Waals surface area (Å²) in [6.45, 7) is 0. The highest BCUT2D eigenvalue weighted by atomic mass is 32.1. The summed E-state index contributed by atoms with van der Waals surface area (Å²) in [5.41, 5.74) is 1.91. The van der Waals surface area contributed by atoms with Gasteiger partial charge in [0.25, 0.3) is 0 Å². The Bertz CT molecular complexity index is 353. The topological polar surface area (TPSA) is 20.2 Å². The molecular formula is C11H10OS. The van der Waals surface area contributed by atoms with Gasteiger partial charge in [-0.05, 0) is 28.0 Å². The van der Waals surface area contributed by atoms with Gasteiger partial charge in [-0.2, -0.15) is 11.3 Å². The third-order valence-corrected chi connectivity index (χ3v) is 2.68. The van der Waals surface area contributed by atoms with Crippen LogP contribution in [0.15, 0.2) is 47.2 Å². The minimum atomic E-state index is -0.479. The Labute approximate surface area is 81.3 Å². The Morgan fingerprint density at radius 2 is 1.77 bits per heavy atom. The second-order valence-electron chi connectivity index (χ2n) is 2.87. The molecule has 2 rings (SSSR count). The first kappa shape index (κ1) is 8.48. The molecule has 0 fully saturated rings. The molecule has 0 saturated heterocycles. The summed E-state index contributed by atoms with van der Waals surface area (Å²) in [5.74, 6) is 0. The van der Waals surface area contributed by atoms with Crippen LogP contribution in [0, 0.1) is 0 Å². The lowest BCUT2D eigenvalue weighted by Gasteiger charge is -2.07. The fraction of sp³-hybridized carbons (Fsp3) is 0.0909. The van der Waals surface area contributed by atoms with Gasteiger partial charge in [-0.1, -0.05) is 30.3 Å². The normalized spacial score (nSPS) is 12.7. The molecule has 0 radical (unpaired) electrons. The van der Waals surface area contributed by atoms with Gasteiger partial charge in [-0.25, -0.2) is 0 Å².